The van der Waals surface area contributed by atoms with Crippen LogP contribution < -0.4 is 0 Å². The number of amides is 1. The molecular weight excluding hydrogens is 328 g/mol. The summed E-state index contributed by atoms with van der Waals surface area (Å²) < 4.78 is 7.35. The number of ether oxygens (including phenoxy) is 1. The second-order valence-corrected chi connectivity index (χ2v) is 7.56. The Morgan fingerprint density at radius 2 is 1.88 bits per heavy atom. The summed E-state index contributed by atoms with van der Waals surface area (Å²) >= 11 is 0. The zero-order chi connectivity index (χ0) is 18.0. The Balaban J connectivity index is 1.49. The van der Waals surface area contributed by atoms with Crippen molar-refractivity contribution in [2.24, 2.45) is 0 Å². The molecule has 0 saturated carbocycles. The van der Waals surface area contributed by atoms with Crippen LogP contribution in [-0.2, 0) is 16.1 Å². The maximum Gasteiger partial charge on any atom is 0.224 e. The van der Waals surface area contributed by atoms with Crippen LogP contribution in [0.25, 0.3) is 0 Å². The molecule has 6 heteroatoms. The van der Waals surface area contributed by atoms with Crippen LogP contribution in [0, 0.1) is 0 Å². The first-order valence-electron chi connectivity index (χ1n) is 10.4. The van der Waals surface area contributed by atoms with Crippen molar-refractivity contribution in [3.63, 3.8) is 0 Å². The summed E-state index contributed by atoms with van der Waals surface area (Å²) in [5.74, 6) is 0.267. The Kier molecular flexibility index (Phi) is 7.95. The minimum atomic E-state index is 0.267. The van der Waals surface area contributed by atoms with Crippen molar-refractivity contribution in [1.29, 1.82) is 0 Å². The molecule has 0 aromatic carbocycles. The Morgan fingerprint density at radius 1 is 1.12 bits per heavy atom. The van der Waals surface area contributed by atoms with E-state index in [0.29, 0.717) is 19.0 Å². The summed E-state index contributed by atoms with van der Waals surface area (Å²) in [6.45, 7) is 6.66. The highest BCUT2D eigenvalue weighted by Crippen LogP contribution is 2.17. The molecule has 0 aliphatic carbocycles. The molecule has 3 heterocycles. The zero-order valence-corrected chi connectivity index (χ0v) is 16.0. The first kappa shape index (κ1) is 19.4. The van der Waals surface area contributed by atoms with Crippen LogP contribution >= 0.6 is 0 Å². The van der Waals surface area contributed by atoms with Gasteiger partial charge in [-0.25, -0.2) is 0 Å². The lowest BCUT2D eigenvalue weighted by atomic mass is 10.1. The average molecular weight is 363 g/mol. The third kappa shape index (κ3) is 6.09. The van der Waals surface area contributed by atoms with Crippen LogP contribution in [0.2, 0.25) is 0 Å². The smallest absolute Gasteiger partial charge is 0.224 e. The number of hydrogen-bond acceptors (Lipinski definition) is 4. The Hall–Kier alpha value is -1.40. The number of carbonyl (C=O) groups is 1. The second kappa shape index (κ2) is 10.7. The molecule has 0 unspecified atom stereocenters. The molecule has 0 N–H and O–H groups in total. The predicted octanol–water partition coefficient (Wildman–Crippen LogP) is 2.55. The minimum absolute atomic E-state index is 0.267. The van der Waals surface area contributed by atoms with Crippen molar-refractivity contribution in [3.8, 4) is 0 Å². The quantitative estimate of drug-likeness (QED) is 0.713. The first-order chi connectivity index (χ1) is 12.8. The van der Waals surface area contributed by atoms with Gasteiger partial charge in [0.2, 0.25) is 5.91 Å². The fourth-order valence-corrected chi connectivity index (χ4v) is 4.12. The number of likely N-dealkylation sites (tertiary alicyclic amines) is 1. The van der Waals surface area contributed by atoms with Crippen molar-refractivity contribution in [1.82, 2.24) is 19.6 Å². The Bertz CT molecular complexity index is 506. The minimum Gasteiger partial charge on any atom is -0.381 e. The molecule has 1 amide bonds. The van der Waals surface area contributed by atoms with Crippen molar-refractivity contribution in [2.75, 3.05) is 39.4 Å². The topological polar surface area (TPSA) is 50.6 Å². The van der Waals surface area contributed by atoms with E-state index in [1.165, 1.54) is 38.8 Å². The summed E-state index contributed by atoms with van der Waals surface area (Å²) in [4.78, 5) is 17.6. The van der Waals surface area contributed by atoms with Crippen LogP contribution in [-0.4, -0.2) is 70.9 Å². The molecule has 2 saturated heterocycles. The largest absolute Gasteiger partial charge is 0.381 e. The molecule has 6 nitrogen and oxygen atoms in total. The molecular formula is C20H34N4O2. The number of aryl methyl sites for hydroxylation is 1. The highest BCUT2D eigenvalue weighted by atomic mass is 16.5. The lowest BCUT2D eigenvalue weighted by Gasteiger charge is -2.35. The highest BCUT2D eigenvalue weighted by molar-refractivity contribution is 5.76. The van der Waals surface area contributed by atoms with E-state index in [2.05, 4.69) is 14.9 Å². The molecule has 1 aromatic heterocycles. The maximum atomic E-state index is 12.9. The molecule has 26 heavy (non-hydrogen) atoms. The lowest BCUT2D eigenvalue weighted by Crippen LogP contribution is -2.45. The Morgan fingerprint density at radius 3 is 2.58 bits per heavy atom. The van der Waals surface area contributed by atoms with Gasteiger partial charge < -0.3 is 14.5 Å². The molecule has 2 aliphatic heterocycles. The van der Waals surface area contributed by atoms with Gasteiger partial charge in [0.25, 0.3) is 0 Å². The normalized spacial score (nSPS) is 20.0. The number of nitrogens with zero attached hydrogens (tertiary/aromatic N) is 4. The predicted molar refractivity (Wildman–Crippen MR) is 102 cm³/mol. The van der Waals surface area contributed by atoms with E-state index in [1.807, 2.05) is 16.9 Å². The van der Waals surface area contributed by atoms with Crippen LogP contribution in [0.1, 0.15) is 51.4 Å². The van der Waals surface area contributed by atoms with Crippen molar-refractivity contribution >= 4 is 5.91 Å². The van der Waals surface area contributed by atoms with Crippen LogP contribution in [0.5, 0.6) is 0 Å². The molecule has 0 bridgehead atoms. The fraction of sp³-hybridized carbons (Fsp3) is 0.800. The lowest BCUT2D eigenvalue weighted by molar-refractivity contribution is -0.135. The molecule has 0 spiro atoms. The Labute approximate surface area is 157 Å². The van der Waals surface area contributed by atoms with E-state index in [0.717, 1.165) is 45.6 Å². The van der Waals surface area contributed by atoms with Gasteiger partial charge in [0.15, 0.2) is 0 Å². The maximum absolute atomic E-state index is 12.9. The van der Waals surface area contributed by atoms with E-state index >= 15 is 0 Å². The van der Waals surface area contributed by atoms with Gasteiger partial charge in [0.1, 0.15) is 0 Å². The van der Waals surface area contributed by atoms with E-state index in [1.54, 1.807) is 6.20 Å². The van der Waals surface area contributed by atoms with Gasteiger partial charge in [-0.2, -0.15) is 5.10 Å². The molecule has 0 atom stereocenters. The van der Waals surface area contributed by atoms with Crippen molar-refractivity contribution < 1.29 is 9.53 Å². The third-order valence-electron chi connectivity index (χ3n) is 5.64. The van der Waals surface area contributed by atoms with Crippen molar-refractivity contribution in [3.05, 3.63) is 18.5 Å². The van der Waals surface area contributed by atoms with E-state index in [4.69, 9.17) is 4.74 Å². The van der Waals surface area contributed by atoms with Gasteiger partial charge in [0.05, 0.1) is 0 Å². The van der Waals surface area contributed by atoms with Gasteiger partial charge in [-0.05, 0) is 57.8 Å². The van der Waals surface area contributed by atoms with E-state index < -0.39 is 0 Å². The molecule has 146 valence electrons. The van der Waals surface area contributed by atoms with Gasteiger partial charge >= 0.3 is 0 Å². The molecule has 1 aromatic rings. The molecule has 2 aliphatic rings. The second-order valence-electron chi connectivity index (χ2n) is 7.56. The van der Waals surface area contributed by atoms with Crippen LogP contribution in [0.3, 0.4) is 0 Å². The fourth-order valence-electron chi connectivity index (χ4n) is 4.12. The standard InChI is InChI=1S/C20H34N4O2/c25-20(7-16-23-14-5-10-21-23)24(19-8-17-26-18-9-19)15-6-13-22-11-3-1-2-4-12-22/h5,10,14,19H,1-4,6-9,11-13,15-18H2. The average Bonchev–Trinajstić information content (AvgIpc) is 3.06. The molecule has 0 radical (unpaired) electrons. The molecule has 3 rings (SSSR count). The number of aromatic nitrogens is 2. The van der Waals surface area contributed by atoms with E-state index in [-0.39, 0.29) is 5.91 Å². The van der Waals surface area contributed by atoms with Gasteiger partial charge in [-0.3, -0.25) is 9.48 Å². The third-order valence-corrected chi connectivity index (χ3v) is 5.64. The summed E-state index contributed by atoms with van der Waals surface area (Å²) in [6, 6.07) is 2.25. The van der Waals surface area contributed by atoms with E-state index in [9.17, 15) is 4.79 Å². The van der Waals surface area contributed by atoms with Gasteiger partial charge in [-0.1, -0.05) is 12.8 Å². The van der Waals surface area contributed by atoms with Crippen LogP contribution in [0.4, 0.5) is 0 Å². The first-order valence-corrected chi connectivity index (χ1v) is 10.4. The zero-order valence-electron chi connectivity index (χ0n) is 16.0. The summed E-state index contributed by atoms with van der Waals surface area (Å²) in [6.07, 6.45) is 12.6. The number of carbonyl (C=O) groups excluding carboxylic acids is 1. The van der Waals surface area contributed by atoms with Crippen LogP contribution in [0.15, 0.2) is 18.5 Å². The van der Waals surface area contributed by atoms with Gasteiger partial charge in [-0.15, -0.1) is 0 Å². The monoisotopic (exact) mass is 362 g/mol. The summed E-state index contributed by atoms with van der Waals surface area (Å²) in [5, 5.41) is 4.21. The number of hydrogen-bond donors (Lipinski definition) is 0. The summed E-state index contributed by atoms with van der Waals surface area (Å²) in [5.41, 5.74) is 0. The number of rotatable bonds is 8. The molecule has 2 fully saturated rings. The summed E-state index contributed by atoms with van der Waals surface area (Å²) in [7, 11) is 0. The van der Waals surface area contributed by atoms with Gasteiger partial charge in [0, 0.05) is 51.2 Å². The van der Waals surface area contributed by atoms with Crippen molar-refractivity contribution in [2.45, 2.75) is 64.0 Å². The highest BCUT2D eigenvalue weighted by Gasteiger charge is 2.25. The SMILES string of the molecule is O=C(CCn1cccn1)N(CCCN1CCCCCC1)C1CCOCC1.